The van der Waals surface area contributed by atoms with Gasteiger partial charge < -0.3 is 10.6 Å². The maximum Gasteiger partial charge on any atom is 0.325 e. The predicted octanol–water partition coefficient (Wildman–Crippen LogP) is 3.40. The number of nitrogen functional groups attached to an aromatic ring is 1. The van der Waals surface area contributed by atoms with Crippen LogP contribution in [0.3, 0.4) is 0 Å². The zero-order valence-electron chi connectivity index (χ0n) is 12.3. The maximum atomic E-state index is 12.6. The molecule has 2 amide bonds. The van der Waals surface area contributed by atoms with Gasteiger partial charge in [0.15, 0.2) is 0 Å². The summed E-state index contributed by atoms with van der Waals surface area (Å²) in [6.45, 7) is 2.58. The summed E-state index contributed by atoms with van der Waals surface area (Å²) in [5.74, 6) is 0. The van der Waals surface area contributed by atoms with Gasteiger partial charge in [-0.3, -0.25) is 4.90 Å². The van der Waals surface area contributed by atoms with Crippen molar-refractivity contribution in [2.24, 2.45) is 0 Å². The molecular formula is C17H19N3O. The van der Waals surface area contributed by atoms with Gasteiger partial charge in [-0.15, -0.1) is 0 Å². The molecule has 0 aliphatic carbocycles. The Morgan fingerprint density at radius 3 is 2.57 bits per heavy atom. The lowest BCUT2D eigenvalue weighted by Crippen LogP contribution is -2.46. The Bertz CT molecular complexity index is 669. The van der Waals surface area contributed by atoms with Crippen molar-refractivity contribution in [1.29, 1.82) is 0 Å². The molecule has 4 heteroatoms. The van der Waals surface area contributed by atoms with E-state index in [1.165, 1.54) is 0 Å². The zero-order chi connectivity index (χ0) is 15.0. The van der Waals surface area contributed by atoms with Crippen LogP contribution in [0.5, 0.6) is 0 Å². The van der Waals surface area contributed by atoms with Crippen molar-refractivity contribution in [1.82, 2.24) is 4.90 Å². The molecule has 2 aromatic rings. The SMILES string of the molecule is C[C@H]1c2ccc(N)cc2N(Cc2ccccc2)C(=O)N1C. The largest absolute Gasteiger partial charge is 0.399 e. The normalized spacial score (nSPS) is 17.8. The minimum absolute atomic E-state index is 0.00412. The number of carbonyl (C=O) groups excluding carboxylic acids is 1. The van der Waals surface area contributed by atoms with Crippen molar-refractivity contribution >= 4 is 17.4 Å². The second kappa shape index (κ2) is 5.13. The number of anilines is 2. The first-order chi connectivity index (χ1) is 10.1. The Hall–Kier alpha value is -2.49. The van der Waals surface area contributed by atoms with Gasteiger partial charge in [0.2, 0.25) is 0 Å². The number of fused-ring (bicyclic) bond motifs is 1. The van der Waals surface area contributed by atoms with Gasteiger partial charge in [-0.25, -0.2) is 4.79 Å². The molecule has 0 spiro atoms. The van der Waals surface area contributed by atoms with Gasteiger partial charge in [0, 0.05) is 12.7 Å². The predicted molar refractivity (Wildman–Crippen MR) is 85.1 cm³/mol. The Balaban J connectivity index is 2.05. The third-order valence-corrected chi connectivity index (χ3v) is 4.09. The van der Waals surface area contributed by atoms with Gasteiger partial charge in [-0.1, -0.05) is 36.4 Å². The summed E-state index contributed by atoms with van der Waals surface area (Å²) in [6, 6.07) is 15.8. The monoisotopic (exact) mass is 281 g/mol. The number of amides is 2. The Morgan fingerprint density at radius 2 is 1.86 bits per heavy atom. The van der Waals surface area contributed by atoms with Crippen LogP contribution in [-0.4, -0.2) is 18.0 Å². The Labute approximate surface area is 124 Å². The van der Waals surface area contributed by atoms with E-state index in [4.69, 9.17) is 5.73 Å². The number of hydrogen-bond donors (Lipinski definition) is 1. The minimum atomic E-state index is 0.00412. The van der Waals surface area contributed by atoms with Gasteiger partial charge in [0.25, 0.3) is 0 Å². The van der Waals surface area contributed by atoms with Gasteiger partial charge >= 0.3 is 6.03 Å². The molecule has 1 aliphatic rings. The summed E-state index contributed by atoms with van der Waals surface area (Å²) in [5, 5.41) is 0. The number of nitrogens with zero attached hydrogens (tertiary/aromatic N) is 2. The highest BCUT2D eigenvalue weighted by atomic mass is 16.2. The van der Waals surface area contributed by atoms with Crippen LogP contribution in [0.25, 0.3) is 0 Å². The molecule has 0 bridgehead atoms. The molecule has 2 N–H and O–H groups in total. The maximum absolute atomic E-state index is 12.6. The zero-order valence-corrected chi connectivity index (χ0v) is 12.3. The summed E-state index contributed by atoms with van der Waals surface area (Å²) in [6.07, 6.45) is 0. The number of benzene rings is 2. The van der Waals surface area contributed by atoms with Crippen LogP contribution in [0.1, 0.15) is 24.1 Å². The summed E-state index contributed by atoms with van der Waals surface area (Å²) < 4.78 is 0. The summed E-state index contributed by atoms with van der Waals surface area (Å²) in [4.78, 5) is 16.2. The number of nitrogens with two attached hydrogens (primary N) is 1. The molecule has 0 saturated carbocycles. The van der Waals surface area contributed by atoms with Gasteiger partial charge in [0.05, 0.1) is 18.3 Å². The van der Waals surface area contributed by atoms with E-state index < -0.39 is 0 Å². The van der Waals surface area contributed by atoms with Crippen molar-refractivity contribution in [3.05, 3.63) is 59.7 Å². The fourth-order valence-corrected chi connectivity index (χ4v) is 2.73. The lowest BCUT2D eigenvalue weighted by molar-refractivity contribution is 0.196. The molecule has 0 saturated heterocycles. The molecule has 1 atom stereocenters. The molecule has 3 rings (SSSR count). The third-order valence-electron chi connectivity index (χ3n) is 4.09. The van der Waals surface area contributed by atoms with E-state index in [0.29, 0.717) is 12.2 Å². The number of hydrogen-bond acceptors (Lipinski definition) is 2. The van der Waals surface area contributed by atoms with Crippen LogP contribution in [0.2, 0.25) is 0 Å². The van der Waals surface area contributed by atoms with Crippen LogP contribution in [0.4, 0.5) is 16.2 Å². The number of carbonyl (C=O) groups is 1. The fourth-order valence-electron chi connectivity index (χ4n) is 2.73. The average Bonchev–Trinajstić information content (AvgIpc) is 2.50. The molecule has 108 valence electrons. The van der Waals surface area contributed by atoms with E-state index >= 15 is 0 Å². The van der Waals surface area contributed by atoms with E-state index in [2.05, 4.69) is 0 Å². The minimum Gasteiger partial charge on any atom is -0.399 e. The highest BCUT2D eigenvalue weighted by Gasteiger charge is 2.32. The van der Waals surface area contributed by atoms with Crippen molar-refractivity contribution in [2.45, 2.75) is 19.5 Å². The lowest BCUT2D eigenvalue weighted by atomic mass is 10.0. The van der Waals surface area contributed by atoms with E-state index in [1.807, 2.05) is 62.5 Å². The second-order valence-corrected chi connectivity index (χ2v) is 5.46. The van der Waals surface area contributed by atoms with Crippen LogP contribution >= 0.6 is 0 Å². The molecular weight excluding hydrogens is 262 g/mol. The van der Waals surface area contributed by atoms with Gasteiger partial charge in [-0.2, -0.15) is 0 Å². The van der Waals surface area contributed by atoms with Crippen LogP contribution in [0.15, 0.2) is 48.5 Å². The Kier molecular flexibility index (Phi) is 3.29. The summed E-state index contributed by atoms with van der Waals surface area (Å²) >= 11 is 0. The summed E-state index contributed by atoms with van der Waals surface area (Å²) in [5.41, 5.74) is 9.73. The van der Waals surface area contributed by atoms with Crippen molar-refractivity contribution in [3.63, 3.8) is 0 Å². The van der Waals surface area contributed by atoms with Crippen molar-refractivity contribution < 1.29 is 4.79 Å². The quantitative estimate of drug-likeness (QED) is 0.858. The lowest BCUT2D eigenvalue weighted by Gasteiger charge is -2.39. The second-order valence-electron chi connectivity index (χ2n) is 5.46. The molecule has 2 aromatic carbocycles. The number of urea groups is 1. The van der Waals surface area contributed by atoms with E-state index in [1.54, 1.807) is 9.80 Å². The van der Waals surface area contributed by atoms with Gasteiger partial charge in [0.1, 0.15) is 0 Å². The van der Waals surface area contributed by atoms with Crippen LogP contribution in [-0.2, 0) is 6.54 Å². The van der Waals surface area contributed by atoms with Crippen molar-refractivity contribution in [2.75, 3.05) is 17.7 Å². The first-order valence-corrected chi connectivity index (χ1v) is 7.05. The molecule has 0 fully saturated rings. The van der Waals surface area contributed by atoms with E-state index in [9.17, 15) is 4.79 Å². The smallest absolute Gasteiger partial charge is 0.325 e. The highest BCUT2D eigenvalue weighted by Crippen LogP contribution is 2.37. The first-order valence-electron chi connectivity index (χ1n) is 7.05. The molecule has 21 heavy (non-hydrogen) atoms. The molecule has 0 aromatic heterocycles. The third kappa shape index (κ3) is 2.33. The molecule has 4 nitrogen and oxygen atoms in total. The summed E-state index contributed by atoms with van der Waals surface area (Å²) in [7, 11) is 1.84. The van der Waals surface area contributed by atoms with E-state index in [0.717, 1.165) is 16.8 Å². The Morgan fingerprint density at radius 1 is 1.14 bits per heavy atom. The topological polar surface area (TPSA) is 49.6 Å². The molecule has 0 radical (unpaired) electrons. The standard InChI is InChI=1S/C17H19N3O/c1-12-15-9-8-14(18)10-16(15)20(17(21)19(12)2)11-13-6-4-3-5-7-13/h3-10,12H,11,18H2,1-2H3/t12-/m0/s1. The van der Waals surface area contributed by atoms with Crippen molar-refractivity contribution in [3.8, 4) is 0 Å². The van der Waals surface area contributed by atoms with Crippen LogP contribution < -0.4 is 10.6 Å². The average molecular weight is 281 g/mol. The molecule has 0 unspecified atom stereocenters. The first kappa shape index (κ1) is 13.5. The van der Waals surface area contributed by atoms with Crippen LogP contribution in [0, 0.1) is 0 Å². The molecule has 1 aliphatic heterocycles. The highest BCUT2D eigenvalue weighted by molar-refractivity contribution is 5.95. The number of rotatable bonds is 2. The van der Waals surface area contributed by atoms with E-state index in [-0.39, 0.29) is 12.1 Å². The fraction of sp³-hybridized carbons (Fsp3) is 0.235. The van der Waals surface area contributed by atoms with Gasteiger partial charge in [-0.05, 0) is 30.2 Å². The molecule has 1 heterocycles.